The first-order valence-corrected chi connectivity index (χ1v) is 34.6. The highest BCUT2D eigenvalue weighted by atomic mass is 16.3. The van der Waals surface area contributed by atoms with Gasteiger partial charge in [0, 0.05) is 6.42 Å². The van der Waals surface area contributed by atoms with Crippen molar-refractivity contribution in [2.45, 2.75) is 411 Å². The normalized spacial score (nSPS) is 12.8. The van der Waals surface area contributed by atoms with Gasteiger partial charge in [-0.2, -0.15) is 0 Å². The first-order valence-electron chi connectivity index (χ1n) is 34.6. The second-order valence-corrected chi connectivity index (χ2v) is 24.0. The second kappa shape index (κ2) is 66.2. The molecule has 1 amide bonds. The summed E-state index contributed by atoms with van der Waals surface area (Å²) in [5.74, 6) is -0.0553. The van der Waals surface area contributed by atoms with E-state index in [1.54, 1.807) is 6.08 Å². The van der Waals surface area contributed by atoms with Gasteiger partial charge in [0.15, 0.2) is 0 Å². The third kappa shape index (κ3) is 61.7. The highest BCUT2D eigenvalue weighted by Crippen LogP contribution is 2.19. The zero-order valence-electron chi connectivity index (χ0n) is 50.9. The Hall–Kier alpha value is -1.13. The molecular weight excluding hydrogens is 903 g/mol. The number of rotatable bonds is 65. The van der Waals surface area contributed by atoms with E-state index in [1.165, 1.54) is 353 Å². The molecule has 4 heteroatoms. The van der Waals surface area contributed by atoms with E-state index in [1.807, 2.05) is 6.08 Å². The standard InChI is InChI=1S/C70H137NO3/c1-3-5-7-9-11-13-15-17-19-21-23-25-27-29-30-31-32-33-34-35-36-37-38-39-40-42-44-46-48-50-52-54-56-58-60-62-64-66-70(74)71-68(67-72)69(73)65-63-61-59-57-55-53-51-49-47-45-43-41-28-26-24-22-20-18-16-14-12-10-8-6-4-2/h33-34,63,65,68-69,72-73H,3-32,35-62,64,66-67H2,1-2H3,(H,71,74)/b34-33-,65-63+. The lowest BCUT2D eigenvalue weighted by Gasteiger charge is -2.20. The van der Waals surface area contributed by atoms with Crippen molar-refractivity contribution in [1.29, 1.82) is 0 Å². The molecule has 0 spiro atoms. The maximum atomic E-state index is 12.5. The molecule has 3 N–H and O–H groups in total. The van der Waals surface area contributed by atoms with Crippen LogP contribution in [0.3, 0.4) is 0 Å². The zero-order chi connectivity index (χ0) is 53.4. The average Bonchev–Trinajstić information content (AvgIpc) is 3.40. The molecule has 0 aromatic carbocycles. The number of amides is 1. The van der Waals surface area contributed by atoms with Gasteiger partial charge in [0.2, 0.25) is 5.91 Å². The Balaban J connectivity index is 3.40. The van der Waals surface area contributed by atoms with Gasteiger partial charge in [0.1, 0.15) is 0 Å². The molecule has 0 aliphatic rings. The average molecular weight is 1040 g/mol. The first-order chi connectivity index (χ1) is 36.7. The Morgan fingerprint density at radius 3 is 0.743 bits per heavy atom. The van der Waals surface area contributed by atoms with Crippen LogP contribution in [-0.2, 0) is 4.79 Å². The minimum absolute atomic E-state index is 0.0553. The molecule has 0 rings (SSSR count). The third-order valence-corrected chi connectivity index (χ3v) is 16.4. The van der Waals surface area contributed by atoms with Crippen molar-refractivity contribution >= 4 is 5.91 Å². The fourth-order valence-electron chi connectivity index (χ4n) is 11.2. The van der Waals surface area contributed by atoms with Gasteiger partial charge in [-0.25, -0.2) is 0 Å². The van der Waals surface area contributed by atoms with Gasteiger partial charge in [0.25, 0.3) is 0 Å². The SMILES string of the molecule is CCCCCCCCCCCCCCCCCC/C=C\CCCCCCCCCCCCCCCCCCCC(=O)NC(CO)C(O)/C=C/CCCCCCCCCCCCCCCCCCCCCCCCC. The maximum Gasteiger partial charge on any atom is 0.220 e. The number of aliphatic hydroxyl groups is 2. The van der Waals surface area contributed by atoms with Crippen LogP contribution in [-0.4, -0.2) is 34.9 Å². The van der Waals surface area contributed by atoms with Gasteiger partial charge < -0.3 is 15.5 Å². The van der Waals surface area contributed by atoms with Crippen LogP contribution in [0.2, 0.25) is 0 Å². The highest BCUT2D eigenvalue weighted by Gasteiger charge is 2.18. The second-order valence-electron chi connectivity index (χ2n) is 24.0. The molecule has 0 saturated heterocycles. The molecule has 0 fully saturated rings. The van der Waals surface area contributed by atoms with Crippen molar-refractivity contribution in [3.05, 3.63) is 24.3 Å². The molecule has 0 aliphatic carbocycles. The van der Waals surface area contributed by atoms with Crippen molar-refractivity contribution in [3.63, 3.8) is 0 Å². The largest absolute Gasteiger partial charge is 0.394 e. The number of allylic oxidation sites excluding steroid dienone is 3. The predicted molar refractivity (Wildman–Crippen MR) is 332 cm³/mol. The number of unbranched alkanes of at least 4 members (excludes halogenated alkanes) is 56. The molecule has 2 unspecified atom stereocenters. The Bertz CT molecular complexity index is 1090. The summed E-state index contributed by atoms with van der Waals surface area (Å²) >= 11 is 0. The first kappa shape index (κ1) is 72.9. The van der Waals surface area contributed by atoms with Gasteiger partial charge in [-0.3, -0.25) is 4.79 Å². The molecule has 0 saturated carbocycles. The van der Waals surface area contributed by atoms with Crippen molar-refractivity contribution < 1.29 is 15.0 Å². The molecule has 0 radical (unpaired) electrons. The summed E-state index contributed by atoms with van der Waals surface area (Å²) in [6.07, 6.45) is 89.8. The van der Waals surface area contributed by atoms with Gasteiger partial charge >= 0.3 is 0 Å². The van der Waals surface area contributed by atoms with Crippen molar-refractivity contribution in [2.24, 2.45) is 0 Å². The summed E-state index contributed by atoms with van der Waals surface area (Å²) < 4.78 is 0. The minimum atomic E-state index is -0.838. The molecule has 0 aliphatic heterocycles. The van der Waals surface area contributed by atoms with Crippen LogP contribution < -0.4 is 5.32 Å². The third-order valence-electron chi connectivity index (χ3n) is 16.4. The van der Waals surface area contributed by atoms with Crippen LogP contribution in [0.25, 0.3) is 0 Å². The molecule has 0 aromatic rings. The van der Waals surface area contributed by atoms with Crippen LogP contribution in [0.15, 0.2) is 24.3 Å². The number of carbonyl (C=O) groups excluding carboxylic acids is 1. The molecule has 440 valence electrons. The van der Waals surface area contributed by atoms with Gasteiger partial charge in [-0.15, -0.1) is 0 Å². The highest BCUT2D eigenvalue weighted by molar-refractivity contribution is 5.76. The van der Waals surface area contributed by atoms with Gasteiger partial charge in [-0.05, 0) is 44.9 Å². The summed E-state index contributed by atoms with van der Waals surface area (Å²) in [5, 5.41) is 23.3. The van der Waals surface area contributed by atoms with E-state index in [0.717, 1.165) is 25.7 Å². The fourth-order valence-corrected chi connectivity index (χ4v) is 11.2. The molecule has 0 heterocycles. The lowest BCUT2D eigenvalue weighted by Crippen LogP contribution is -2.45. The quantitative estimate of drug-likeness (QED) is 0.0420. The van der Waals surface area contributed by atoms with E-state index in [2.05, 4.69) is 31.3 Å². The number of carbonyl (C=O) groups is 1. The van der Waals surface area contributed by atoms with Gasteiger partial charge in [0.05, 0.1) is 18.8 Å². The minimum Gasteiger partial charge on any atom is -0.394 e. The smallest absolute Gasteiger partial charge is 0.220 e. The van der Waals surface area contributed by atoms with Crippen molar-refractivity contribution in [3.8, 4) is 0 Å². The number of nitrogens with one attached hydrogen (secondary N) is 1. The van der Waals surface area contributed by atoms with Crippen LogP contribution in [0.5, 0.6) is 0 Å². The Morgan fingerprint density at radius 2 is 0.514 bits per heavy atom. The van der Waals surface area contributed by atoms with E-state index in [0.29, 0.717) is 6.42 Å². The monoisotopic (exact) mass is 1040 g/mol. The Labute approximate surface area is 466 Å². The van der Waals surface area contributed by atoms with Crippen LogP contribution in [0.4, 0.5) is 0 Å². The van der Waals surface area contributed by atoms with Crippen LogP contribution in [0, 0.1) is 0 Å². The summed E-state index contributed by atoms with van der Waals surface area (Å²) in [7, 11) is 0. The van der Waals surface area contributed by atoms with Crippen LogP contribution in [0.1, 0.15) is 399 Å². The molecule has 0 bridgehead atoms. The van der Waals surface area contributed by atoms with Crippen LogP contribution >= 0.6 is 0 Å². The lowest BCUT2D eigenvalue weighted by atomic mass is 10.0. The predicted octanol–water partition coefficient (Wildman–Crippen LogP) is 23.4. The fraction of sp³-hybridized carbons (Fsp3) is 0.929. The summed E-state index contributed by atoms with van der Waals surface area (Å²) in [6.45, 7) is 4.36. The molecule has 2 atom stereocenters. The Morgan fingerprint density at radius 1 is 0.311 bits per heavy atom. The maximum absolute atomic E-state index is 12.5. The molecule has 0 aromatic heterocycles. The molecule has 4 nitrogen and oxygen atoms in total. The summed E-state index contributed by atoms with van der Waals surface area (Å²) in [5.41, 5.74) is 0. The van der Waals surface area contributed by atoms with E-state index < -0.39 is 12.1 Å². The van der Waals surface area contributed by atoms with E-state index >= 15 is 0 Å². The zero-order valence-corrected chi connectivity index (χ0v) is 50.9. The number of hydrogen-bond donors (Lipinski definition) is 3. The topological polar surface area (TPSA) is 69.6 Å². The van der Waals surface area contributed by atoms with E-state index in [-0.39, 0.29) is 12.5 Å². The number of aliphatic hydroxyl groups excluding tert-OH is 2. The molecule has 74 heavy (non-hydrogen) atoms. The van der Waals surface area contributed by atoms with E-state index in [9.17, 15) is 15.0 Å². The van der Waals surface area contributed by atoms with Crippen molar-refractivity contribution in [2.75, 3.05) is 6.61 Å². The van der Waals surface area contributed by atoms with E-state index in [4.69, 9.17) is 0 Å². The summed E-state index contributed by atoms with van der Waals surface area (Å²) in [4.78, 5) is 12.5. The number of hydrogen-bond acceptors (Lipinski definition) is 3. The molecular formula is C70H137NO3. The van der Waals surface area contributed by atoms with Crippen molar-refractivity contribution in [1.82, 2.24) is 5.32 Å². The van der Waals surface area contributed by atoms with Gasteiger partial charge in [-0.1, -0.05) is 372 Å². The summed E-state index contributed by atoms with van der Waals surface area (Å²) in [6, 6.07) is -0.621. The Kier molecular flexibility index (Phi) is 65.1. The lowest BCUT2D eigenvalue weighted by molar-refractivity contribution is -0.123.